The summed E-state index contributed by atoms with van der Waals surface area (Å²) in [4.78, 5) is 23.5. The van der Waals surface area contributed by atoms with E-state index < -0.39 is 11.8 Å². The lowest BCUT2D eigenvalue weighted by Gasteiger charge is -2.10. The molecule has 2 amide bonds. The lowest BCUT2D eigenvalue weighted by atomic mass is 10.3. The van der Waals surface area contributed by atoms with Gasteiger partial charge in [-0.1, -0.05) is 18.2 Å². The first-order valence-electron chi connectivity index (χ1n) is 6.71. The van der Waals surface area contributed by atoms with Gasteiger partial charge in [0.05, 0.1) is 7.11 Å². The molecule has 2 aromatic rings. The fourth-order valence-electron chi connectivity index (χ4n) is 1.71. The minimum Gasteiger partial charge on any atom is -0.497 e. The quantitative estimate of drug-likeness (QED) is 0.594. The Hall–Kier alpha value is -2.93. The molecule has 0 aromatic heterocycles. The average molecular weight is 329 g/mol. The van der Waals surface area contributed by atoms with E-state index in [1.165, 1.54) is 0 Å². The van der Waals surface area contributed by atoms with Gasteiger partial charge < -0.3 is 15.4 Å². The summed E-state index contributed by atoms with van der Waals surface area (Å²) in [5, 5.41) is 7.62. The number of hydrogen-bond acceptors (Lipinski definition) is 4. The zero-order valence-corrected chi connectivity index (χ0v) is 13.1. The van der Waals surface area contributed by atoms with Crippen molar-refractivity contribution < 1.29 is 14.3 Å². The zero-order chi connectivity index (χ0) is 16.7. The minimum absolute atomic E-state index is 0.0309. The summed E-state index contributed by atoms with van der Waals surface area (Å²) in [5.41, 5.74) is 1.20. The first kappa shape index (κ1) is 16.4. The number of hydrogen-bond donors (Lipinski definition) is 3. The molecule has 0 spiro atoms. The van der Waals surface area contributed by atoms with Gasteiger partial charge in [-0.2, -0.15) is 0 Å². The van der Waals surface area contributed by atoms with Crippen molar-refractivity contribution in [3.05, 3.63) is 54.6 Å². The maximum absolute atomic E-state index is 11.8. The molecule has 7 heteroatoms. The van der Waals surface area contributed by atoms with Crippen LogP contribution >= 0.6 is 12.2 Å². The van der Waals surface area contributed by atoms with Crippen molar-refractivity contribution >= 4 is 40.5 Å². The second-order valence-electron chi connectivity index (χ2n) is 4.46. The molecule has 0 unspecified atom stereocenters. The van der Waals surface area contributed by atoms with E-state index in [2.05, 4.69) is 16.0 Å². The van der Waals surface area contributed by atoms with E-state index in [1.54, 1.807) is 55.6 Å². The molecule has 0 fully saturated rings. The maximum Gasteiger partial charge on any atom is 0.315 e. The molecule has 0 saturated carbocycles. The Kier molecular flexibility index (Phi) is 5.65. The second kappa shape index (κ2) is 7.90. The van der Waals surface area contributed by atoms with Crippen molar-refractivity contribution in [2.45, 2.75) is 0 Å². The summed E-state index contributed by atoms with van der Waals surface area (Å²) in [6.45, 7) is 0. The summed E-state index contributed by atoms with van der Waals surface area (Å²) >= 11 is 5.00. The number of ether oxygens (including phenoxy) is 1. The second-order valence-corrected chi connectivity index (χ2v) is 4.87. The maximum atomic E-state index is 11.8. The Balaban J connectivity index is 1.86. The van der Waals surface area contributed by atoms with Gasteiger partial charge >= 0.3 is 11.8 Å². The molecule has 0 aliphatic heterocycles. The monoisotopic (exact) mass is 329 g/mol. The summed E-state index contributed by atoms with van der Waals surface area (Å²) in [5.74, 6) is -0.942. The van der Waals surface area contributed by atoms with Crippen LogP contribution in [0, 0.1) is 0 Å². The number of amides is 2. The van der Waals surface area contributed by atoms with E-state index in [4.69, 9.17) is 17.0 Å². The SMILES string of the molecule is COc1ccc(NC(=S)NC(=O)C(=O)Nc2ccccc2)cc1. The molecule has 2 aromatic carbocycles. The zero-order valence-electron chi connectivity index (χ0n) is 12.3. The third-order valence-electron chi connectivity index (χ3n) is 2.81. The van der Waals surface area contributed by atoms with Crippen molar-refractivity contribution in [2.75, 3.05) is 17.7 Å². The molecule has 0 bridgehead atoms. The smallest absolute Gasteiger partial charge is 0.315 e. The van der Waals surface area contributed by atoms with E-state index in [9.17, 15) is 9.59 Å². The highest BCUT2D eigenvalue weighted by atomic mass is 32.1. The van der Waals surface area contributed by atoms with Gasteiger partial charge in [-0.15, -0.1) is 0 Å². The minimum atomic E-state index is -0.847. The molecule has 2 rings (SSSR count). The number of benzene rings is 2. The van der Waals surface area contributed by atoms with Gasteiger partial charge in [0.1, 0.15) is 5.75 Å². The first-order chi connectivity index (χ1) is 11.1. The summed E-state index contributed by atoms with van der Waals surface area (Å²) < 4.78 is 5.04. The number of methoxy groups -OCH3 is 1. The van der Waals surface area contributed by atoms with E-state index >= 15 is 0 Å². The molecular weight excluding hydrogens is 314 g/mol. The third-order valence-corrected chi connectivity index (χ3v) is 3.02. The number of carbonyl (C=O) groups excluding carboxylic acids is 2. The predicted octanol–water partition coefficient (Wildman–Crippen LogP) is 2.15. The molecule has 0 saturated heterocycles. The van der Waals surface area contributed by atoms with Crippen LogP contribution in [0.3, 0.4) is 0 Å². The molecular formula is C16H15N3O3S. The lowest BCUT2D eigenvalue weighted by molar-refractivity contribution is -0.135. The van der Waals surface area contributed by atoms with Crippen LogP contribution in [0.4, 0.5) is 11.4 Å². The van der Waals surface area contributed by atoms with Crippen LogP contribution in [-0.4, -0.2) is 24.0 Å². The van der Waals surface area contributed by atoms with Gasteiger partial charge in [-0.05, 0) is 48.6 Å². The van der Waals surface area contributed by atoms with Crippen LogP contribution < -0.4 is 20.7 Å². The number of nitrogens with one attached hydrogen (secondary N) is 3. The van der Waals surface area contributed by atoms with Crippen LogP contribution in [0.2, 0.25) is 0 Å². The summed E-state index contributed by atoms with van der Waals surface area (Å²) in [6.07, 6.45) is 0. The summed E-state index contributed by atoms with van der Waals surface area (Å²) in [7, 11) is 1.57. The largest absolute Gasteiger partial charge is 0.497 e. The Morgan fingerprint density at radius 3 is 2.09 bits per heavy atom. The molecule has 0 aliphatic rings. The van der Waals surface area contributed by atoms with Crippen molar-refractivity contribution in [2.24, 2.45) is 0 Å². The fourth-order valence-corrected chi connectivity index (χ4v) is 1.92. The standard InChI is InChI=1S/C16H15N3O3S/c1-22-13-9-7-12(8-10-13)18-16(23)19-15(21)14(20)17-11-5-3-2-4-6-11/h2-10H,1H3,(H,17,20)(H2,18,19,21,23). The van der Waals surface area contributed by atoms with Crippen LogP contribution in [0.15, 0.2) is 54.6 Å². The number of thiocarbonyl (C=S) groups is 1. The molecule has 6 nitrogen and oxygen atoms in total. The van der Waals surface area contributed by atoms with E-state index in [0.717, 1.165) is 0 Å². The number of rotatable bonds is 3. The normalized spacial score (nSPS) is 9.61. The molecule has 0 heterocycles. The van der Waals surface area contributed by atoms with Gasteiger partial charge in [0.2, 0.25) is 0 Å². The van der Waals surface area contributed by atoms with Crippen LogP contribution in [0.1, 0.15) is 0 Å². The van der Waals surface area contributed by atoms with Crippen molar-refractivity contribution in [1.29, 1.82) is 0 Å². The number of anilines is 2. The molecule has 118 valence electrons. The highest BCUT2D eigenvalue weighted by Gasteiger charge is 2.15. The molecule has 0 aliphatic carbocycles. The molecule has 0 atom stereocenters. The Morgan fingerprint density at radius 2 is 1.48 bits per heavy atom. The van der Waals surface area contributed by atoms with E-state index in [-0.39, 0.29) is 5.11 Å². The van der Waals surface area contributed by atoms with E-state index in [1.807, 2.05) is 6.07 Å². The summed E-state index contributed by atoms with van der Waals surface area (Å²) in [6, 6.07) is 15.6. The van der Waals surface area contributed by atoms with E-state index in [0.29, 0.717) is 17.1 Å². The van der Waals surface area contributed by atoms with Crippen LogP contribution in [0.25, 0.3) is 0 Å². The van der Waals surface area contributed by atoms with Crippen molar-refractivity contribution in [3.8, 4) is 5.75 Å². The number of para-hydroxylation sites is 1. The van der Waals surface area contributed by atoms with Crippen molar-refractivity contribution in [1.82, 2.24) is 5.32 Å². The van der Waals surface area contributed by atoms with Gasteiger partial charge in [0.25, 0.3) is 0 Å². The highest BCUT2D eigenvalue weighted by Crippen LogP contribution is 2.14. The first-order valence-corrected chi connectivity index (χ1v) is 7.12. The van der Waals surface area contributed by atoms with Gasteiger partial charge in [-0.25, -0.2) is 0 Å². The topological polar surface area (TPSA) is 79.5 Å². The van der Waals surface area contributed by atoms with Gasteiger partial charge in [0.15, 0.2) is 5.11 Å². The Labute approximate surface area is 138 Å². The van der Waals surface area contributed by atoms with Gasteiger partial charge in [-0.3, -0.25) is 14.9 Å². The number of carbonyl (C=O) groups is 2. The van der Waals surface area contributed by atoms with Crippen LogP contribution in [-0.2, 0) is 9.59 Å². The fraction of sp³-hybridized carbons (Fsp3) is 0.0625. The van der Waals surface area contributed by atoms with Crippen molar-refractivity contribution in [3.63, 3.8) is 0 Å². The molecule has 3 N–H and O–H groups in total. The van der Waals surface area contributed by atoms with Gasteiger partial charge in [0, 0.05) is 11.4 Å². The Morgan fingerprint density at radius 1 is 0.870 bits per heavy atom. The lowest BCUT2D eigenvalue weighted by Crippen LogP contribution is -2.41. The highest BCUT2D eigenvalue weighted by molar-refractivity contribution is 7.80. The third kappa shape index (κ3) is 5.08. The van der Waals surface area contributed by atoms with Crippen LogP contribution in [0.5, 0.6) is 5.75 Å². The molecule has 0 radical (unpaired) electrons. The average Bonchev–Trinajstić information content (AvgIpc) is 2.56. The molecule has 23 heavy (non-hydrogen) atoms. The Bertz CT molecular complexity index is 702. The predicted molar refractivity (Wildman–Crippen MR) is 92.4 cm³/mol.